The van der Waals surface area contributed by atoms with E-state index in [-0.39, 0.29) is 12.4 Å². The molecule has 2 rings (SSSR count). The monoisotopic (exact) mass is 289 g/mol. The van der Waals surface area contributed by atoms with E-state index in [2.05, 4.69) is 16.9 Å². The van der Waals surface area contributed by atoms with Gasteiger partial charge in [-0.1, -0.05) is 12.1 Å². The van der Waals surface area contributed by atoms with Crippen LogP contribution < -0.4 is 10.3 Å². The molecule has 2 aromatic rings. The van der Waals surface area contributed by atoms with Gasteiger partial charge in [0.2, 0.25) is 5.52 Å². The number of aromatic nitrogens is 1. The minimum atomic E-state index is -0.453. The van der Waals surface area contributed by atoms with Crippen LogP contribution in [-0.4, -0.2) is 19.1 Å². The topological polar surface area (TPSA) is 52.5 Å². The van der Waals surface area contributed by atoms with Gasteiger partial charge in [-0.05, 0) is 25.5 Å². The lowest BCUT2D eigenvalue weighted by Crippen LogP contribution is -2.17. The summed E-state index contributed by atoms with van der Waals surface area (Å²) in [5.74, 6) is -0.821. The Morgan fingerprint density at radius 1 is 1.52 bits per heavy atom. The van der Waals surface area contributed by atoms with Crippen molar-refractivity contribution in [1.82, 2.24) is 0 Å². The summed E-state index contributed by atoms with van der Waals surface area (Å²) in [6, 6.07) is 3.08. The molecule has 1 heterocycles. The van der Waals surface area contributed by atoms with Crippen molar-refractivity contribution in [2.24, 2.45) is 0 Å². The van der Waals surface area contributed by atoms with Crippen LogP contribution in [-0.2, 0) is 4.74 Å². The van der Waals surface area contributed by atoms with Crippen molar-refractivity contribution in [3.8, 4) is 0 Å². The fourth-order valence-corrected chi connectivity index (χ4v) is 2.22. The number of aryl methyl sites for hydroxylation is 1. The lowest BCUT2D eigenvalue weighted by atomic mass is 10.0. The number of anilines is 1. The number of halogens is 1. The predicted molar refractivity (Wildman–Crippen MR) is 79.8 cm³/mol. The maximum Gasteiger partial charge on any atom is 0.346 e. The highest BCUT2D eigenvalue weighted by Gasteiger charge is 2.23. The van der Waals surface area contributed by atoms with Gasteiger partial charge in [0, 0.05) is 6.54 Å². The van der Waals surface area contributed by atoms with E-state index in [4.69, 9.17) is 4.74 Å². The number of carbonyl (C=O) groups is 1. The maximum atomic E-state index is 14.0. The summed E-state index contributed by atoms with van der Waals surface area (Å²) >= 11 is 0. The second kappa shape index (κ2) is 6.35. The van der Waals surface area contributed by atoms with Crippen LogP contribution in [0.15, 0.2) is 31.0 Å². The number of benzene rings is 1. The first-order valence-electron chi connectivity index (χ1n) is 6.75. The van der Waals surface area contributed by atoms with E-state index in [0.29, 0.717) is 28.7 Å². The van der Waals surface area contributed by atoms with E-state index in [1.165, 1.54) is 12.3 Å². The Bertz CT molecular complexity index is 698. The van der Waals surface area contributed by atoms with E-state index in [9.17, 15) is 9.18 Å². The molecule has 110 valence electrons. The fraction of sp³-hybridized carbons (Fsp3) is 0.250. The number of nitrogens with one attached hydrogen (secondary N) is 2. The molecular weight excluding hydrogens is 271 g/mol. The molecule has 0 spiro atoms. The molecule has 21 heavy (non-hydrogen) atoms. The van der Waals surface area contributed by atoms with Crippen LogP contribution in [0.2, 0.25) is 0 Å². The largest absolute Gasteiger partial charge is 0.462 e. The molecule has 1 aromatic carbocycles. The number of esters is 1. The van der Waals surface area contributed by atoms with Crippen LogP contribution in [0.4, 0.5) is 10.1 Å². The van der Waals surface area contributed by atoms with Gasteiger partial charge in [0.1, 0.15) is 5.56 Å². The molecule has 2 N–H and O–H groups in total. The molecule has 5 heteroatoms. The molecule has 0 atom stereocenters. The number of rotatable bonds is 5. The Morgan fingerprint density at radius 2 is 2.29 bits per heavy atom. The first-order chi connectivity index (χ1) is 10.1. The minimum Gasteiger partial charge on any atom is -0.462 e. The van der Waals surface area contributed by atoms with E-state index >= 15 is 0 Å². The van der Waals surface area contributed by atoms with Crippen LogP contribution >= 0.6 is 0 Å². The van der Waals surface area contributed by atoms with Gasteiger partial charge in [-0.25, -0.2) is 9.78 Å². The van der Waals surface area contributed by atoms with Crippen LogP contribution in [0.1, 0.15) is 22.8 Å². The highest BCUT2D eigenvalue weighted by molar-refractivity contribution is 6.04. The molecule has 0 fully saturated rings. The zero-order valence-electron chi connectivity index (χ0n) is 12.1. The van der Waals surface area contributed by atoms with Gasteiger partial charge < -0.3 is 10.1 Å². The molecule has 0 unspecified atom stereocenters. The molecule has 0 radical (unpaired) electrons. The number of carbonyl (C=O) groups excluding carboxylic acids is 1. The average molecular weight is 289 g/mol. The third-order valence-corrected chi connectivity index (χ3v) is 3.16. The number of fused-ring (bicyclic) bond motifs is 1. The quantitative estimate of drug-likeness (QED) is 0.680. The van der Waals surface area contributed by atoms with Gasteiger partial charge in [0.25, 0.3) is 0 Å². The summed E-state index contributed by atoms with van der Waals surface area (Å²) in [6.07, 6.45) is 3.14. The number of pyridine rings is 1. The van der Waals surface area contributed by atoms with Gasteiger partial charge in [-0.2, -0.15) is 4.39 Å². The Hall–Kier alpha value is -2.43. The summed E-state index contributed by atoms with van der Waals surface area (Å²) in [6.45, 7) is 7.99. The maximum absolute atomic E-state index is 14.0. The molecule has 0 aliphatic rings. The predicted octanol–water partition coefficient (Wildman–Crippen LogP) is 2.88. The van der Waals surface area contributed by atoms with Gasteiger partial charge in [0.05, 0.1) is 17.7 Å². The molecule has 1 aromatic heterocycles. The van der Waals surface area contributed by atoms with Crippen LogP contribution in [0, 0.1) is 12.7 Å². The van der Waals surface area contributed by atoms with E-state index in [1.807, 2.05) is 6.92 Å². The fourth-order valence-electron chi connectivity index (χ4n) is 2.22. The molecule has 4 nitrogen and oxygen atoms in total. The molecule has 0 saturated heterocycles. The molecular formula is C16H18FN2O2+. The van der Waals surface area contributed by atoms with Gasteiger partial charge in [-0.15, -0.1) is 6.58 Å². The zero-order valence-corrected chi connectivity index (χ0v) is 12.1. The standard InChI is InChI=1S/C16H17FN2O2/c1-4-8-18-14-11(16(20)21-5-2)9-19-15-12(17)7-6-10(3)13(14)15/h4,6-7,9H,1,5,8H2,2-3H3,(H,18,19)/p+1. The van der Waals surface area contributed by atoms with E-state index in [0.717, 1.165) is 5.56 Å². The summed E-state index contributed by atoms with van der Waals surface area (Å²) in [4.78, 5) is 14.9. The first-order valence-corrected chi connectivity index (χ1v) is 6.75. The third-order valence-electron chi connectivity index (χ3n) is 3.16. The summed E-state index contributed by atoms with van der Waals surface area (Å²) < 4.78 is 19.0. The van der Waals surface area contributed by atoms with Crippen molar-refractivity contribution in [1.29, 1.82) is 0 Å². The van der Waals surface area contributed by atoms with Crippen molar-refractivity contribution in [2.45, 2.75) is 13.8 Å². The highest BCUT2D eigenvalue weighted by atomic mass is 19.1. The van der Waals surface area contributed by atoms with Crippen LogP contribution in [0.25, 0.3) is 10.9 Å². The number of hydrogen-bond donors (Lipinski definition) is 1. The van der Waals surface area contributed by atoms with Gasteiger partial charge >= 0.3 is 5.97 Å². The molecule has 0 saturated carbocycles. The van der Waals surface area contributed by atoms with Crippen molar-refractivity contribution >= 4 is 22.6 Å². The second-order valence-electron chi connectivity index (χ2n) is 4.58. The Balaban J connectivity index is 2.72. The number of H-pyrrole nitrogens is 1. The molecule has 0 bridgehead atoms. The van der Waals surface area contributed by atoms with E-state index in [1.54, 1.807) is 19.1 Å². The smallest absolute Gasteiger partial charge is 0.346 e. The number of ether oxygens (including phenoxy) is 1. The normalized spacial score (nSPS) is 10.4. The molecule has 0 amide bonds. The summed E-state index contributed by atoms with van der Waals surface area (Å²) in [5.41, 5.74) is 2.12. The highest BCUT2D eigenvalue weighted by Crippen LogP contribution is 2.29. The Morgan fingerprint density at radius 3 is 2.95 bits per heavy atom. The van der Waals surface area contributed by atoms with Gasteiger partial charge in [-0.3, -0.25) is 0 Å². The van der Waals surface area contributed by atoms with Crippen LogP contribution in [0.3, 0.4) is 0 Å². The lowest BCUT2D eigenvalue weighted by molar-refractivity contribution is -0.346. The number of hydrogen-bond acceptors (Lipinski definition) is 3. The van der Waals surface area contributed by atoms with Crippen molar-refractivity contribution < 1.29 is 18.9 Å². The molecule has 0 aliphatic heterocycles. The number of aromatic amines is 1. The average Bonchev–Trinajstić information content (AvgIpc) is 2.48. The van der Waals surface area contributed by atoms with Gasteiger partial charge in [0.15, 0.2) is 12.0 Å². The van der Waals surface area contributed by atoms with Crippen molar-refractivity contribution in [3.05, 3.63) is 47.9 Å². The van der Waals surface area contributed by atoms with Crippen molar-refractivity contribution in [2.75, 3.05) is 18.5 Å². The van der Waals surface area contributed by atoms with E-state index < -0.39 is 5.97 Å². The minimum absolute atomic E-state index is 0.278. The Kier molecular flexibility index (Phi) is 4.52. The zero-order chi connectivity index (χ0) is 15.4. The first kappa shape index (κ1) is 15.0. The van der Waals surface area contributed by atoms with Crippen molar-refractivity contribution in [3.63, 3.8) is 0 Å². The second-order valence-corrected chi connectivity index (χ2v) is 4.58. The summed E-state index contributed by atoms with van der Waals surface area (Å²) in [5, 5.41) is 3.75. The molecule has 0 aliphatic carbocycles. The Labute approximate surface area is 122 Å². The lowest BCUT2D eigenvalue weighted by Gasteiger charge is -2.12. The SMILES string of the molecule is C=CCNc1c(C(=O)OCC)c[nH+]c2c(F)ccc(C)c12. The summed E-state index contributed by atoms with van der Waals surface area (Å²) in [7, 11) is 0. The third kappa shape index (κ3) is 2.86. The van der Waals surface area contributed by atoms with Crippen LogP contribution in [0.5, 0.6) is 0 Å².